The van der Waals surface area contributed by atoms with Crippen molar-refractivity contribution in [2.45, 2.75) is 43.9 Å². The standard InChI is InChI=1S/C14H20N6O3S/c21-14-7-6-13(20-11-15-10-16-20)18-19(14)9-8-17-24(22,23)12-4-2-1-3-5-12/h6-7,10-12,17H,1-5,8-9H2. The maximum atomic E-state index is 12.3. The van der Waals surface area contributed by atoms with E-state index >= 15 is 0 Å². The van der Waals surface area contributed by atoms with E-state index in [2.05, 4.69) is 19.9 Å². The van der Waals surface area contributed by atoms with Crippen LogP contribution in [0.1, 0.15) is 32.1 Å². The molecule has 0 aliphatic heterocycles. The van der Waals surface area contributed by atoms with Crippen molar-refractivity contribution < 1.29 is 8.42 Å². The van der Waals surface area contributed by atoms with E-state index in [4.69, 9.17) is 0 Å². The highest BCUT2D eigenvalue weighted by Gasteiger charge is 2.26. The van der Waals surface area contributed by atoms with Crippen LogP contribution < -0.4 is 10.3 Å². The molecule has 0 bridgehead atoms. The van der Waals surface area contributed by atoms with Gasteiger partial charge in [-0.25, -0.2) is 27.5 Å². The Labute approximate surface area is 139 Å². The van der Waals surface area contributed by atoms with Gasteiger partial charge in [0, 0.05) is 12.6 Å². The van der Waals surface area contributed by atoms with Crippen molar-refractivity contribution in [3.63, 3.8) is 0 Å². The molecular formula is C14H20N6O3S. The zero-order chi connectivity index (χ0) is 17.0. The molecule has 0 saturated heterocycles. The number of sulfonamides is 1. The van der Waals surface area contributed by atoms with E-state index in [1.165, 1.54) is 28.1 Å². The molecule has 0 spiro atoms. The predicted molar refractivity (Wildman–Crippen MR) is 87.2 cm³/mol. The third-order valence-corrected chi connectivity index (χ3v) is 6.08. The first-order valence-corrected chi connectivity index (χ1v) is 9.52. The molecule has 0 aromatic carbocycles. The first kappa shape index (κ1) is 16.8. The Kier molecular flexibility index (Phi) is 5.05. The normalized spacial score (nSPS) is 16.3. The van der Waals surface area contributed by atoms with Crippen LogP contribution in [0, 0.1) is 0 Å². The zero-order valence-electron chi connectivity index (χ0n) is 13.2. The average molecular weight is 352 g/mol. The Balaban J connectivity index is 1.64. The number of aromatic nitrogens is 5. The predicted octanol–water partition coefficient (Wildman–Crippen LogP) is 0.0761. The van der Waals surface area contributed by atoms with Gasteiger partial charge in [0.2, 0.25) is 10.0 Å². The number of nitrogens with zero attached hydrogens (tertiary/aromatic N) is 5. The van der Waals surface area contributed by atoms with E-state index in [-0.39, 0.29) is 23.9 Å². The smallest absolute Gasteiger partial charge is 0.266 e. The molecule has 0 amide bonds. The van der Waals surface area contributed by atoms with Gasteiger partial charge in [0.15, 0.2) is 5.82 Å². The van der Waals surface area contributed by atoms with Gasteiger partial charge in [-0.3, -0.25) is 4.79 Å². The molecule has 9 nitrogen and oxygen atoms in total. The van der Waals surface area contributed by atoms with Crippen molar-refractivity contribution in [2.24, 2.45) is 0 Å². The average Bonchev–Trinajstić information content (AvgIpc) is 3.12. The first-order valence-electron chi connectivity index (χ1n) is 7.98. The van der Waals surface area contributed by atoms with Crippen LogP contribution in [-0.2, 0) is 16.6 Å². The summed E-state index contributed by atoms with van der Waals surface area (Å²) in [5.41, 5.74) is -0.296. The Morgan fingerprint density at radius 2 is 2.00 bits per heavy atom. The molecule has 2 aromatic heterocycles. The van der Waals surface area contributed by atoms with Crippen LogP contribution in [0.15, 0.2) is 29.6 Å². The summed E-state index contributed by atoms with van der Waals surface area (Å²) in [7, 11) is -3.34. The Morgan fingerprint density at radius 3 is 2.71 bits per heavy atom. The molecule has 0 radical (unpaired) electrons. The monoisotopic (exact) mass is 352 g/mol. The highest BCUT2D eigenvalue weighted by Crippen LogP contribution is 2.22. The van der Waals surface area contributed by atoms with Gasteiger partial charge < -0.3 is 0 Å². The number of rotatable bonds is 6. The van der Waals surface area contributed by atoms with Gasteiger partial charge in [-0.1, -0.05) is 19.3 Å². The summed E-state index contributed by atoms with van der Waals surface area (Å²) >= 11 is 0. The SMILES string of the molecule is O=c1ccc(-n2cncn2)nn1CCNS(=O)(=O)C1CCCCC1. The third kappa shape index (κ3) is 3.88. The van der Waals surface area contributed by atoms with Gasteiger partial charge in [-0.15, -0.1) is 5.10 Å². The summed E-state index contributed by atoms with van der Waals surface area (Å²) in [6.07, 6.45) is 7.25. The highest BCUT2D eigenvalue weighted by atomic mass is 32.2. The van der Waals surface area contributed by atoms with Crippen molar-refractivity contribution in [3.05, 3.63) is 35.1 Å². The van der Waals surface area contributed by atoms with Crippen LogP contribution >= 0.6 is 0 Å². The van der Waals surface area contributed by atoms with Crippen molar-refractivity contribution in [3.8, 4) is 5.82 Å². The number of hydrogen-bond donors (Lipinski definition) is 1. The van der Waals surface area contributed by atoms with Crippen LogP contribution in [-0.4, -0.2) is 44.8 Å². The van der Waals surface area contributed by atoms with Crippen molar-refractivity contribution >= 4 is 10.0 Å². The maximum absolute atomic E-state index is 12.3. The van der Waals surface area contributed by atoms with Gasteiger partial charge >= 0.3 is 0 Å². The topological polar surface area (TPSA) is 112 Å². The van der Waals surface area contributed by atoms with E-state index < -0.39 is 10.0 Å². The van der Waals surface area contributed by atoms with Crippen LogP contribution in [0.25, 0.3) is 5.82 Å². The summed E-state index contributed by atoms with van der Waals surface area (Å²) in [6, 6.07) is 2.92. The van der Waals surface area contributed by atoms with Crippen LogP contribution in [0.2, 0.25) is 0 Å². The molecule has 1 fully saturated rings. The second kappa shape index (κ2) is 7.22. The highest BCUT2D eigenvalue weighted by molar-refractivity contribution is 7.90. The lowest BCUT2D eigenvalue weighted by Crippen LogP contribution is -2.38. The molecule has 3 rings (SSSR count). The first-order chi connectivity index (χ1) is 11.6. The molecule has 10 heteroatoms. The van der Waals surface area contributed by atoms with E-state index in [0.717, 1.165) is 19.3 Å². The molecule has 2 aromatic rings. The quantitative estimate of drug-likeness (QED) is 0.788. The van der Waals surface area contributed by atoms with Crippen LogP contribution in [0.3, 0.4) is 0 Å². The molecule has 1 aliphatic carbocycles. The molecule has 1 aliphatic rings. The van der Waals surface area contributed by atoms with E-state index in [1.807, 2.05) is 0 Å². The van der Waals surface area contributed by atoms with Gasteiger partial charge in [-0.05, 0) is 18.9 Å². The molecule has 0 atom stereocenters. The fraction of sp³-hybridized carbons (Fsp3) is 0.571. The third-order valence-electron chi connectivity index (χ3n) is 4.12. The Hall–Kier alpha value is -2.07. The minimum Gasteiger partial charge on any atom is -0.268 e. The Morgan fingerprint density at radius 1 is 1.21 bits per heavy atom. The van der Waals surface area contributed by atoms with Crippen LogP contribution in [0.5, 0.6) is 0 Å². The molecule has 24 heavy (non-hydrogen) atoms. The maximum Gasteiger partial charge on any atom is 0.266 e. The van der Waals surface area contributed by atoms with E-state index in [9.17, 15) is 13.2 Å². The minimum atomic E-state index is -3.34. The largest absolute Gasteiger partial charge is 0.268 e. The fourth-order valence-corrected chi connectivity index (χ4v) is 4.40. The summed E-state index contributed by atoms with van der Waals surface area (Å²) in [6.45, 7) is 0.292. The molecular weight excluding hydrogens is 332 g/mol. The summed E-state index contributed by atoms with van der Waals surface area (Å²) in [4.78, 5) is 15.7. The lowest BCUT2D eigenvalue weighted by Gasteiger charge is -2.22. The van der Waals surface area contributed by atoms with Gasteiger partial charge in [0.05, 0.1) is 11.8 Å². The van der Waals surface area contributed by atoms with E-state index in [0.29, 0.717) is 18.7 Å². The van der Waals surface area contributed by atoms with Crippen molar-refractivity contribution in [2.75, 3.05) is 6.54 Å². The second-order valence-electron chi connectivity index (χ2n) is 5.79. The lowest BCUT2D eigenvalue weighted by molar-refractivity contribution is 0.473. The van der Waals surface area contributed by atoms with Crippen LogP contribution in [0.4, 0.5) is 0 Å². The molecule has 2 heterocycles. The van der Waals surface area contributed by atoms with Crippen molar-refractivity contribution in [1.29, 1.82) is 0 Å². The lowest BCUT2D eigenvalue weighted by atomic mass is 10.0. The Bertz CT molecular complexity index is 824. The number of hydrogen-bond acceptors (Lipinski definition) is 6. The fourth-order valence-electron chi connectivity index (χ4n) is 2.83. The van der Waals surface area contributed by atoms with E-state index in [1.54, 1.807) is 6.07 Å². The molecule has 0 unspecified atom stereocenters. The summed E-state index contributed by atoms with van der Waals surface area (Å²) < 4.78 is 29.8. The second-order valence-corrected chi connectivity index (χ2v) is 7.84. The molecule has 1 N–H and O–H groups in total. The summed E-state index contributed by atoms with van der Waals surface area (Å²) in [5.74, 6) is 0.447. The van der Waals surface area contributed by atoms with Crippen molar-refractivity contribution in [1.82, 2.24) is 29.3 Å². The van der Waals surface area contributed by atoms with Gasteiger partial charge in [0.25, 0.3) is 5.56 Å². The molecule has 130 valence electrons. The number of nitrogens with one attached hydrogen (secondary N) is 1. The minimum absolute atomic E-state index is 0.131. The summed E-state index contributed by atoms with van der Waals surface area (Å²) in [5, 5.41) is 7.81. The molecule has 1 saturated carbocycles. The van der Waals surface area contributed by atoms with Gasteiger partial charge in [0.1, 0.15) is 12.7 Å². The zero-order valence-corrected chi connectivity index (χ0v) is 14.0. The van der Waals surface area contributed by atoms with Gasteiger partial charge in [-0.2, -0.15) is 5.10 Å².